The molecule has 6 heteroatoms. The zero-order chi connectivity index (χ0) is 25.8. The zero-order valence-electron chi connectivity index (χ0n) is 23.9. The average Bonchev–Trinajstić information content (AvgIpc) is 2.80. The van der Waals surface area contributed by atoms with Gasteiger partial charge in [-0.3, -0.25) is 0 Å². The summed E-state index contributed by atoms with van der Waals surface area (Å²) in [6, 6.07) is -0.106. The average molecular weight is 499 g/mol. The largest absolute Gasteiger partial charge is 0.444 e. The number of carbonyl (C=O) groups is 1. The SMILES string of the molecule is CCCCCCCCCCCCCC[C@H](OCOC)[C@H](CN1CCCCC1)NC(=O)OC(C)(C)C. The molecule has 0 saturated carbocycles. The smallest absolute Gasteiger partial charge is 0.408 e. The van der Waals surface area contributed by atoms with E-state index in [1.165, 1.54) is 89.9 Å². The van der Waals surface area contributed by atoms with Gasteiger partial charge < -0.3 is 24.4 Å². The predicted octanol–water partition coefficient (Wildman–Crippen LogP) is 7.45. The summed E-state index contributed by atoms with van der Waals surface area (Å²) in [6.45, 7) is 11.2. The molecular formula is C29H58N2O4. The molecule has 6 nitrogen and oxygen atoms in total. The number of nitrogens with one attached hydrogen (secondary N) is 1. The Morgan fingerprint density at radius 3 is 1.91 bits per heavy atom. The van der Waals surface area contributed by atoms with E-state index < -0.39 is 5.60 Å². The second kappa shape index (κ2) is 20.2. The standard InChI is InChI=1S/C29H58N2O4/c1-6-7-8-9-10-11-12-13-14-15-16-18-21-27(34-25-33-5)26(24-31-22-19-17-20-23-31)30-28(32)35-29(2,3)4/h26-27H,6-25H2,1-5H3,(H,30,32)/t26-,27-/m0/s1. The van der Waals surface area contributed by atoms with E-state index in [-0.39, 0.29) is 25.0 Å². The lowest BCUT2D eigenvalue weighted by molar-refractivity contribution is -0.0898. The van der Waals surface area contributed by atoms with Crippen molar-refractivity contribution in [3.8, 4) is 0 Å². The van der Waals surface area contributed by atoms with Crippen LogP contribution in [0.1, 0.15) is 130 Å². The van der Waals surface area contributed by atoms with Gasteiger partial charge in [0.15, 0.2) is 0 Å². The van der Waals surface area contributed by atoms with Crippen molar-refractivity contribution in [2.75, 3.05) is 33.5 Å². The first kappa shape index (κ1) is 32.2. The van der Waals surface area contributed by atoms with E-state index in [0.717, 1.165) is 32.5 Å². The first-order chi connectivity index (χ1) is 16.9. The molecule has 0 bridgehead atoms. The van der Waals surface area contributed by atoms with Crippen LogP contribution >= 0.6 is 0 Å². The fourth-order valence-electron chi connectivity index (χ4n) is 4.88. The van der Waals surface area contributed by atoms with Gasteiger partial charge in [0.2, 0.25) is 0 Å². The molecule has 0 aromatic carbocycles. The quantitative estimate of drug-likeness (QED) is 0.140. The van der Waals surface area contributed by atoms with Crippen molar-refractivity contribution in [2.45, 2.75) is 148 Å². The number of rotatable bonds is 20. The zero-order valence-corrected chi connectivity index (χ0v) is 23.9. The number of likely N-dealkylation sites (tertiary alicyclic amines) is 1. The molecule has 1 aliphatic rings. The van der Waals surface area contributed by atoms with Gasteiger partial charge in [-0.2, -0.15) is 0 Å². The van der Waals surface area contributed by atoms with Crippen molar-refractivity contribution >= 4 is 6.09 Å². The van der Waals surface area contributed by atoms with Crippen LogP contribution in [-0.2, 0) is 14.2 Å². The number of ether oxygens (including phenoxy) is 3. The molecule has 208 valence electrons. The summed E-state index contributed by atoms with van der Waals surface area (Å²) in [7, 11) is 1.65. The third kappa shape index (κ3) is 18.1. The molecule has 35 heavy (non-hydrogen) atoms. The lowest BCUT2D eigenvalue weighted by atomic mass is 10.0. The Bertz CT molecular complexity index is 503. The van der Waals surface area contributed by atoms with Crippen molar-refractivity contribution < 1.29 is 19.0 Å². The number of unbranched alkanes of at least 4 members (excludes halogenated alkanes) is 11. The van der Waals surface area contributed by atoms with E-state index in [2.05, 4.69) is 17.1 Å². The third-order valence-corrected chi connectivity index (χ3v) is 6.80. The molecule has 1 fully saturated rings. The Hall–Kier alpha value is -0.850. The maximum Gasteiger partial charge on any atom is 0.408 e. The molecule has 0 aromatic rings. The van der Waals surface area contributed by atoms with Gasteiger partial charge in [-0.25, -0.2) is 4.79 Å². The van der Waals surface area contributed by atoms with E-state index in [1.54, 1.807) is 7.11 Å². The van der Waals surface area contributed by atoms with Gasteiger partial charge in [-0.15, -0.1) is 0 Å². The summed E-state index contributed by atoms with van der Waals surface area (Å²) in [5.41, 5.74) is -0.516. The van der Waals surface area contributed by atoms with Gasteiger partial charge in [-0.05, 0) is 53.1 Å². The molecule has 0 spiro atoms. The lowest BCUT2D eigenvalue weighted by Crippen LogP contribution is -2.53. The van der Waals surface area contributed by atoms with Gasteiger partial charge in [-0.1, -0.05) is 90.4 Å². The molecule has 1 aliphatic heterocycles. The van der Waals surface area contributed by atoms with Crippen molar-refractivity contribution in [3.05, 3.63) is 0 Å². The van der Waals surface area contributed by atoms with Crippen LogP contribution < -0.4 is 5.32 Å². The van der Waals surface area contributed by atoms with Crippen molar-refractivity contribution in [3.63, 3.8) is 0 Å². The molecule has 1 heterocycles. The molecule has 1 saturated heterocycles. The lowest BCUT2D eigenvalue weighted by Gasteiger charge is -2.35. The molecule has 0 aliphatic carbocycles. The van der Waals surface area contributed by atoms with E-state index in [1.807, 2.05) is 20.8 Å². The van der Waals surface area contributed by atoms with E-state index in [0.29, 0.717) is 0 Å². The first-order valence-corrected chi connectivity index (χ1v) is 14.7. The van der Waals surface area contributed by atoms with Crippen LogP contribution in [0.25, 0.3) is 0 Å². The number of amides is 1. The summed E-state index contributed by atoms with van der Waals surface area (Å²) in [6.07, 6.45) is 20.2. The van der Waals surface area contributed by atoms with Crippen LogP contribution in [0.4, 0.5) is 4.79 Å². The Morgan fingerprint density at radius 1 is 0.857 bits per heavy atom. The van der Waals surface area contributed by atoms with Crippen LogP contribution in [0.15, 0.2) is 0 Å². The predicted molar refractivity (Wildman–Crippen MR) is 146 cm³/mol. The van der Waals surface area contributed by atoms with Crippen molar-refractivity contribution in [1.29, 1.82) is 0 Å². The summed E-state index contributed by atoms with van der Waals surface area (Å²) in [5.74, 6) is 0. The number of hydrogen-bond donors (Lipinski definition) is 1. The van der Waals surface area contributed by atoms with Gasteiger partial charge in [0.05, 0.1) is 12.1 Å². The highest BCUT2D eigenvalue weighted by Gasteiger charge is 2.29. The van der Waals surface area contributed by atoms with Gasteiger partial charge in [0.25, 0.3) is 0 Å². The van der Waals surface area contributed by atoms with E-state index in [9.17, 15) is 4.79 Å². The topological polar surface area (TPSA) is 60.0 Å². The van der Waals surface area contributed by atoms with Gasteiger partial charge >= 0.3 is 6.09 Å². The summed E-state index contributed by atoms with van der Waals surface area (Å²) in [5, 5.41) is 3.14. The van der Waals surface area contributed by atoms with Crippen LogP contribution in [-0.4, -0.2) is 62.3 Å². The van der Waals surface area contributed by atoms with E-state index in [4.69, 9.17) is 14.2 Å². The summed E-state index contributed by atoms with van der Waals surface area (Å²) in [4.78, 5) is 15.1. The van der Waals surface area contributed by atoms with Crippen molar-refractivity contribution in [2.24, 2.45) is 0 Å². The van der Waals surface area contributed by atoms with Gasteiger partial charge in [0.1, 0.15) is 12.4 Å². The summed E-state index contributed by atoms with van der Waals surface area (Å²) >= 11 is 0. The molecular weight excluding hydrogens is 440 g/mol. The highest BCUT2D eigenvalue weighted by molar-refractivity contribution is 5.68. The fraction of sp³-hybridized carbons (Fsp3) is 0.966. The molecule has 1 N–H and O–H groups in total. The Labute approximate surface area is 217 Å². The number of piperidine rings is 1. The normalized spacial score (nSPS) is 16.7. The minimum Gasteiger partial charge on any atom is -0.444 e. The van der Waals surface area contributed by atoms with Crippen molar-refractivity contribution in [1.82, 2.24) is 10.2 Å². The minimum absolute atomic E-state index is 0.0764. The second-order valence-electron chi connectivity index (χ2n) is 11.4. The maximum absolute atomic E-state index is 12.6. The van der Waals surface area contributed by atoms with Gasteiger partial charge in [0, 0.05) is 13.7 Å². The summed E-state index contributed by atoms with van der Waals surface area (Å²) < 4.78 is 16.9. The number of nitrogens with zero attached hydrogens (tertiary/aromatic N) is 1. The number of alkyl carbamates (subject to hydrolysis) is 1. The third-order valence-electron chi connectivity index (χ3n) is 6.80. The van der Waals surface area contributed by atoms with Crippen LogP contribution in [0, 0.1) is 0 Å². The Balaban J connectivity index is 2.45. The highest BCUT2D eigenvalue weighted by atomic mass is 16.7. The van der Waals surface area contributed by atoms with Crippen LogP contribution in [0.5, 0.6) is 0 Å². The molecule has 1 amide bonds. The minimum atomic E-state index is -0.516. The molecule has 2 atom stereocenters. The molecule has 0 radical (unpaired) electrons. The number of carbonyl (C=O) groups excluding carboxylic acids is 1. The number of methoxy groups -OCH3 is 1. The van der Waals surface area contributed by atoms with Crippen LogP contribution in [0.2, 0.25) is 0 Å². The van der Waals surface area contributed by atoms with Crippen LogP contribution in [0.3, 0.4) is 0 Å². The first-order valence-electron chi connectivity index (χ1n) is 14.7. The molecule has 1 rings (SSSR count). The second-order valence-corrected chi connectivity index (χ2v) is 11.4. The molecule has 0 unspecified atom stereocenters. The van der Waals surface area contributed by atoms with E-state index >= 15 is 0 Å². The number of hydrogen-bond acceptors (Lipinski definition) is 5. The molecule has 0 aromatic heterocycles. The Morgan fingerprint density at radius 2 is 1.40 bits per heavy atom. The maximum atomic E-state index is 12.6. The monoisotopic (exact) mass is 498 g/mol. The highest BCUT2D eigenvalue weighted by Crippen LogP contribution is 2.18. The fourth-order valence-corrected chi connectivity index (χ4v) is 4.88. The Kier molecular flexibility index (Phi) is 18.6.